The minimum Gasteiger partial charge on any atom is -0.302 e. The van der Waals surface area contributed by atoms with E-state index < -0.39 is 5.41 Å². The maximum Gasteiger partial charge on any atom is 0.231 e. The molecule has 22 heavy (non-hydrogen) atoms. The molecule has 0 aliphatic rings. The van der Waals surface area contributed by atoms with E-state index in [9.17, 15) is 4.79 Å². The van der Waals surface area contributed by atoms with Gasteiger partial charge in [-0.1, -0.05) is 58.9 Å². The molecule has 0 spiro atoms. The molecule has 1 aromatic carbocycles. The van der Waals surface area contributed by atoms with Gasteiger partial charge in [0, 0.05) is 16.4 Å². The van der Waals surface area contributed by atoms with Crippen molar-refractivity contribution >= 4 is 22.4 Å². The molecule has 0 aliphatic heterocycles. The number of anilines is 1. The van der Waals surface area contributed by atoms with E-state index in [1.807, 2.05) is 26.2 Å². The van der Waals surface area contributed by atoms with Crippen LogP contribution in [0.25, 0.3) is 11.3 Å². The molecule has 1 amide bonds. The molecule has 0 saturated heterocycles. The molecule has 0 aliphatic carbocycles. The number of hydrogen-bond donors (Lipinski definition) is 1. The van der Waals surface area contributed by atoms with Crippen molar-refractivity contribution < 1.29 is 4.79 Å². The number of hydrogen-bond acceptors (Lipinski definition) is 3. The quantitative estimate of drug-likeness (QED) is 0.830. The fourth-order valence-electron chi connectivity index (χ4n) is 1.97. The second-order valence-electron chi connectivity index (χ2n) is 6.67. The average Bonchev–Trinajstić information content (AvgIpc) is 2.94. The minimum absolute atomic E-state index is 0.0134. The smallest absolute Gasteiger partial charge is 0.231 e. The summed E-state index contributed by atoms with van der Waals surface area (Å²) >= 11 is 1.46. The zero-order valence-corrected chi connectivity index (χ0v) is 14.8. The van der Waals surface area contributed by atoms with Gasteiger partial charge in [-0.15, -0.1) is 11.3 Å². The van der Waals surface area contributed by atoms with E-state index in [4.69, 9.17) is 0 Å². The van der Waals surface area contributed by atoms with Crippen LogP contribution in [0.3, 0.4) is 0 Å². The van der Waals surface area contributed by atoms with Gasteiger partial charge in [0.15, 0.2) is 5.13 Å². The molecular weight excluding hydrogens is 292 g/mol. The van der Waals surface area contributed by atoms with E-state index in [1.165, 1.54) is 16.9 Å². The Hall–Kier alpha value is -1.68. The first-order chi connectivity index (χ1) is 10.3. The normalized spacial score (nSPS) is 13.0. The lowest BCUT2D eigenvalue weighted by Gasteiger charge is -2.15. The van der Waals surface area contributed by atoms with Gasteiger partial charge < -0.3 is 5.32 Å². The third-order valence-electron chi connectivity index (χ3n) is 3.79. The SMILES string of the molecule is CCC(C)c1ccc(-c2csc(NC(=O)C(C)(C)C)n2)cc1. The number of carbonyl (C=O) groups excluding carboxylic acids is 1. The summed E-state index contributed by atoms with van der Waals surface area (Å²) in [4.78, 5) is 16.5. The highest BCUT2D eigenvalue weighted by atomic mass is 32.1. The first kappa shape index (κ1) is 16.7. The molecule has 0 saturated carbocycles. The summed E-state index contributed by atoms with van der Waals surface area (Å²) in [5, 5.41) is 5.52. The van der Waals surface area contributed by atoms with Gasteiger partial charge in [0.05, 0.1) is 5.69 Å². The molecule has 4 heteroatoms. The van der Waals surface area contributed by atoms with Gasteiger partial charge in [0.1, 0.15) is 0 Å². The molecule has 118 valence electrons. The lowest BCUT2D eigenvalue weighted by Crippen LogP contribution is -2.27. The second kappa shape index (κ2) is 6.61. The van der Waals surface area contributed by atoms with E-state index in [2.05, 4.69) is 48.4 Å². The number of nitrogens with one attached hydrogen (secondary N) is 1. The Bertz CT molecular complexity index is 638. The molecular formula is C18H24N2OS. The van der Waals surface area contributed by atoms with Crippen LogP contribution in [-0.4, -0.2) is 10.9 Å². The van der Waals surface area contributed by atoms with E-state index in [1.54, 1.807) is 0 Å². The van der Waals surface area contributed by atoms with Crippen LogP contribution in [-0.2, 0) is 4.79 Å². The molecule has 0 fully saturated rings. The Morgan fingerprint density at radius 3 is 2.45 bits per heavy atom. The fraction of sp³-hybridized carbons (Fsp3) is 0.444. The Labute approximate surface area is 136 Å². The van der Waals surface area contributed by atoms with Crippen LogP contribution in [0.2, 0.25) is 0 Å². The van der Waals surface area contributed by atoms with Crippen LogP contribution >= 0.6 is 11.3 Å². The highest BCUT2D eigenvalue weighted by Crippen LogP contribution is 2.28. The van der Waals surface area contributed by atoms with Crippen LogP contribution in [0, 0.1) is 5.41 Å². The third-order valence-corrected chi connectivity index (χ3v) is 4.55. The molecule has 2 aromatic rings. The van der Waals surface area contributed by atoms with Gasteiger partial charge in [0.2, 0.25) is 5.91 Å². The summed E-state index contributed by atoms with van der Waals surface area (Å²) < 4.78 is 0. The van der Waals surface area contributed by atoms with E-state index in [-0.39, 0.29) is 5.91 Å². The number of nitrogens with zero attached hydrogens (tertiary/aromatic N) is 1. The van der Waals surface area contributed by atoms with Gasteiger partial charge in [0.25, 0.3) is 0 Å². The minimum atomic E-state index is -0.413. The molecule has 2 rings (SSSR count). The number of rotatable bonds is 4. The molecule has 3 nitrogen and oxygen atoms in total. The van der Waals surface area contributed by atoms with Crippen molar-refractivity contribution in [3.05, 3.63) is 35.2 Å². The van der Waals surface area contributed by atoms with Crippen molar-refractivity contribution in [2.24, 2.45) is 5.41 Å². The van der Waals surface area contributed by atoms with Crippen LogP contribution in [0.1, 0.15) is 52.5 Å². The highest BCUT2D eigenvalue weighted by molar-refractivity contribution is 7.14. The molecule has 1 atom stereocenters. The van der Waals surface area contributed by atoms with Crippen LogP contribution in [0.5, 0.6) is 0 Å². The standard InChI is InChI=1S/C18H24N2OS/c1-6-12(2)13-7-9-14(10-8-13)15-11-22-17(19-15)20-16(21)18(3,4)5/h7-12H,6H2,1-5H3,(H,19,20,21). The van der Waals surface area contributed by atoms with Crippen LogP contribution < -0.4 is 5.32 Å². The predicted molar refractivity (Wildman–Crippen MR) is 94.3 cm³/mol. The van der Waals surface area contributed by atoms with Gasteiger partial charge in [-0.25, -0.2) is 4.98 Å². The summed E-state index contributed by atoms with van der Waals surface area (Å²) in [6.07, 6.45) is 1.14. The molecule has 1 aromatic heterocycles. The topological polar surface area (TPSA) is 42.0 Å². The van der Waals surface area contributed by atoms with Gasteiger partial charge in [-0.3, -0.25) is 4.79 Å². The fourth-order valence-corrected chi connectivity index (χ4v) is 2.68. The number of thiazole rings is 1. The Morgan fingerprint density at radius 2 is 1.91 bits per heavy atom. The molecule has 1 heterocycles. The van der Waals surface area contributed by atoms with Gasteiger partial charge >= 0.3 is 0 Å². The van der Waals surface area contributed by atoms with E-state index in [0.29, 0.717) is 11.0 Å². The summed E-state index contributed by atoms with van der Waals surface area (Å²) in [5.41, 5.74) is 2.93. The zero-order chi connectivity index (χ0) is 16.3. The summed E-state index contributed by atoms with van der Waals surface area (Å²) in [5.74, 6) is 0.562. The average molecular weight is 316 g/mol. The van der Waals surface area contributed by atoms with E-state index >= 15 is 0 Å². The summed E-state index contributed by atoms with van der Waals surface area (Å²) in [6.45, 7) is 10.1. The van der Waals surface area contributed by atoms with Gasteiger partial charge in [-0.2, -0.15) is 0 Å². The Morgan fingerprint density at radius 1 is 1.27 bits per heavy atom. The Balaban J connectivity index is 2.13. The lowest BCUT2D eigenvalue weighted by atomic mass is 9.96. The summed E-state index contributed by atoms with van der Waals surface area (Å²) in [6, 6.07) is 8.53. The lowest BCUT2D eigenvalue weighted by molar-refractivity contribution is -0.123. The highest BCUT2D eigenvalue weighted by Gasteiger charge is 2.22. The van der Waals surface area contributed by atoms with Crippen molar-refractivity contribution in [2.75, 3.05) is 5.32 Å². The van der Waals surface area contributed by atoms with Crippen molar-refractivity contribution in [3.8, 4) is 11.3 Å². The maximum absolute atomic E-state index is 12.0. The second-order valence-corrected chi connectivity index (χ2v) is 7.53. The predicted octanol–water partition coefficient (Wildman–Crippen LogP) is 5.31. The zero-order valence-electron chi connectivity index (χ0n) is 13.9. The molecule has 0 bridgehead atoms. The van der Waals surface area contributed by atoms with Crippen molar-refractivity contribution in [2.45, 2.75) is 47.0 Å². The van der Waals surface area contributed by atoms with Crippen LogP contribution in [0.4, 0.5) is 5.13 Å². The Kier molecular flexibility index (Phi) is 5.01. The number of carbonyl (C=O) groups is 1. The number of aromatic nitrogens is 1. The largest absolute Gasteiger partial charge is 0.302 e. The third kappa shape index (κ3) is 3.95. The van der Waals surface area contributed by atoms with E-state index in [0.717, 1.165) is 17.7 Å². The van der Waals surface area contributed by atoms with Crippen molar-refractivity contribution in [1.82, 2.24) is 4.98 Å². The maximum atomic E-state index is 12.0. The van der Waals surface area contributed by atoms with Crippen LogP contribution in [0.15, 0.2) is 29.6 Å². The van der Waals surface area contributed by atoms with Crippen molar-refractivity contribution in [1.29, 1.82) is 0 Å². The number of benzene rings is 1. The molecule has 1 unspecified atom stereocenters. The molecule has 1 N–H and O–H groups in total. The molecule has 0 radical (unpaired) electrons. The first-order valence-electron chi connectivity index (χ1n) is 7.68. The van der Waals surface area contributed by atoms with Crippen molar-refractivity contribution in [3.63, 3.8) is 0 Å². The summed E-state index contributed by atoms with van der Waals surface area (Å²) in [7, 11) is 0. The monoisotopic (exact) mass is 316 g/mol. The van der Waals surface area contributed by atoms with Gasteiger partial charge in [-0.05, 0) is 17.9 Å². The number of amides is 1. The first-order valence-corrected chi connectivity index (χ1v) is 8.56.